The fourth-order valence-corrected chi connectivity index (χ4v) is 1.89. The van der Waals surface area contributed by atoms with Crippen LogP contribution in [-0.2, 0) is 22.5 Å². The third kappa shape index (κ3) is 3.44. The Morgan fingerprint density at radius 2 is 2.29 bits per heavy atom. The van der Waals surface area contributed by atoms with E-state index in [2.05, 4.69) is 25.7 Å². The van der Waals surface area contributed by atoms with Crippen molar-refractivity contribution < 1.29 is 18.3 Å². The van der Waals surface area contributed by atoms with Crippen molar-refractivity contribution in [3.63, 3.8) is 0 Å². The fourth-order valence-electron chi connectivity index (χ4n) is 1.29. The molecule has 0 unspecified atom stereocenters. The zero-order valence-corrected chi connectivity index (χ0v) is 10.6. The molecule has 0 spiro atoms. The Hall–Kier alpha value is -1.08. The molecule has 17 heavy (non-hydrogen) atoms. The van der Waals surface area contributed by atoms with Crippen LogP contribution in [0.25, 0.3) is 0 Å². The molecular formula is C10H11BrF2N2O2. The minimum atomic E-state index is -2.77. The molecule has 0 aliphatic heterocycles. The fraction of sp³-hybridized carbons (Fsp3) is 0.400. The SMILES string of the molecule is COC(=O)Cc1c(Br)cc(CN)nc1C(F)F. The van der Waals surface area contributed by atoms with Crippen LogP contribution in [-0.4, -0.2) is 18.1 Å². The van der Waals surface area contributed by atoms with Gasteiger partial charge in [-0.3, -0.25) is 9.78 Å². The molecule has 94 valence electrons. The van der Waals surface area contributed by atoms with Crippen molar-refractivity contribution in [1.29, 1.82) is 0 Å². The van der Waals surface area contributed by atoms with Crippen LogP contribution >= 0.6 is 15.9 Å². The second-order valence-corrected chi connectivity index (χ2v) is 4.07. The van der Waals surface area contributed by atoms with Crippen LogP contribution in [0.15, 0.2) is 10.5 Å². The summed E-state index contributed by atoms with van der Waals surface area (Å²) >= 11 is 3.13. The van der Waals surface area contributed by atoms with Gasteiger partial charge in [-0.1, -0.05) is 15.9 Å². The maximum absolute atomic E-state index is 12.8. The maximum atomic E-state index is 12.8. The zero-order chi connectivity index (χ0) is 13.0. The highest BCUT2D eigenvalue weighted by molar-refractivity contribution is 9.10. The van der Waals surface area contributed by atoms with Gasteiger partial charge in [0.1, 0.15) is 5.69 Å². The van der Waals surface area contributed by atoms with Crippen LogP contribution in [0.4, 0.5) is 8.78 Å². The standard InChI is InChI=1S/C10H11BrF2N2O2/c1-17-8(16)3-6-7(11)2-5(4-14)15-9(6)10(12)13/h2,10H,3-4,14H2,1H3. The Morgan fingerprint density at radius 3 is 2.76 bits per heavy atom. The van der Waals surface area contributed by atoms with Crippen molar-refractivity contribution in [2.75, 3.05) is 7.11 Å². The minimum absolute atomic E-state index is 0.0524. The second-order valence-electron chi connectivity index (χ2n) is 3.22. The number of aromatic nitrogens is 1. The van der Waals surface area contributed by atoms with Gasteiger partial charge in [-0.25, -0.2) is 8.78 Å². The predicted molar refractivity (Wildman–Crippen MR) is 60.5 cm³/mol. The quantitative estimate of drug-likeness (QED) is 0.864. The maximum Gasteiger partial charge on any atom is 0.310 e. The number of halogens is 3. The molecule has 0 amide bonds. The Balaban J connectivity index is 3.21. The average molecular weight is 309 g/mol. The van der Waals surface area contributed by atoms with E-state index >= 15 is 0 Å². The van der Waals surface area contributed by atoms with Gasteiger partial charge >= 0.3 is 5.97 Å². The Bertz CT molecular complexity index is 427. The highest BCUT2D eigenvalue weighted by Crippen LogP contribution is 2.28. The van der Waals surface area contributed by atoms with Crippen molar-refractivity contribution in [2.45, 2.75) is 19.4 Å². The number of carbonyl (C=O) groups is 1. The van der Waals surface area contributed by atoms with Crippen LogP contribution < -0.4 is 5.73 Å². The summed E-state index contributed by atoms with van der Waals surface area (Å²) < 4.78 is 30.4. The average Bonchev–Trinajstić information content (AvgIpc) is 2.30. The highest BCUT2D eigenvalue weighted by Gasteiger charge is 2.21. The number of alkyl halides is 2. The summed E-state index contributed by atoms with van der Waals surface area (Å²) in [7, 11) is 1.19. The van der Waals surface area contributed by atoms with Crippen LogP contribution in [0.1, 0.15) is 23.4 Å². The first kappa shape index (κ1) is 14.0. The van der Waals surface area contributed by atoms with Gasteiger partial charge in [0.05, 0.1) is 19.2 Å². The molecule has 0 saturated heterocycles. The molecule has 0 aromatic carbocycles. The van der Waals surface area contributed by atoms with Gasteiger partial charge < -0.3 is 10.5 Å². The number of esters is 1. The van der Waals surface area contributed by atoms with Gasteiger partial charge in [-0.2, -0.15) is 0 Å². The lowest BCUT2D eigenvalue weighted by Gasteiger charge is -2.11. The van der Waals surface area contributed by atoms with E-state index in [4.69, 9.17) is 5.73 Å². The van der Waals surface area contributed by atoms with Gasteiger partial charge in [0, 0.05) is 16.6 Å². The number of pyridine rings is 1. The lowest BCUT2D eigenvalue weighted by atomic mass is 10.1. The molecule has 1 rings (SSSR count). The van der Waals surface area contributed by atoms with Crippen molar-refractivity contribution in [1.82, 2.24) is 4.98 Å². The summed E-state index contributed by atoms with van der Waals surface area (Å²) in [5, 5.41) is 0. The molecule has 0 atom stereocenters. The monoisotopic (exact) mass is 308 g/mol. The van der Waals surface area contributed by atoms with E-state index in [0.29, 0.717) is 10.2 Å². The summed E-state index contributed by atoms with van der Waals surface area (Å²) in [6, 6.07) is 1.52. The van der Waals surface area contributed by atoms with Crippen LogP contribution in [0, 0.1) is 0 Å². The normalized spacial score (nSPS) is 10.7. The van der Waals surface area contributed by atoms with Gasteiger partial charge in [0.15, 0.2) is 0 Å². The summed E-state index contributed by atoms with van der Waals surface area (Å²) in [6.07, 6.45) is -3.02. The van der Waals surface area contributed by atoms with Crippen LogP contribution in [0.3, 0.4) is 0 Å². The molecule has 0 aliphatic carbocycles. The molecule has 0 radical (unpaired) electrons. The second kappa shape index (κ2) is 6.02. The van der Waals surface area contributed by atoms with Crippen molar-refractivity contribution in [3.8, 4) is 0 Å². The molecule has 1 aromatic heterocycles. The number of rotatable bonds is 4. The molecule has 4 nitrogen and oxygen atoms in total. The molecule has 0 bridgehead atoms. The number of ether oxygens (including phenoxy) is 1. The number of nitrogens with zero attached hydrogens (tertiary/aromatic N) is 1. The predicted octanol–water partition coefficient (Wildman–Crippen LogP) is 1.96. The van der Waals surface area contributed by atoms with Gasteiger partial charge in [-0.05, 0) is 6.07 Å². The lowest BCUT2D eigenvalue weighted by Crippen LogP contribution is -2.12. The number of methoxy groups -OCH3 is 1. The molecule has 7 heteroatoms. The Kier molecular flexibility index (Phi) is 4.95. The molecule has 0 saturated carbocycles. The third-order valence-electron chi connectivity index (χ3n) is 2.12. The summed E-state index contributed by atoms with van der Waals surface area (Å²) in [4.78, 5) is 14.8. The molecular weight excluding hydrogens is 298 g/mol. The molecule has 0 fully saturated rings. The van der Waals surface area contributed by atoms with E-state index in [1.165, 1.54) is 13.2 Å². The first-order valence-electron chi connectivity index (χ1n) is 4.72. The highest BCUT2D eigenvalue weighted by atomic mass is 79.9. The Morgan fingerprint density at radius 1 is 1.65 bits per heavy atom. The Labute approximate surface area is 105 Å². The van der Waals surface area contributed by atoms with E-state index in [1.54, 1.807) is 0 Å². The topological polar surface area (TPSA) is 65.2 Å². The van der Waals surface area contributed by atoms with E-state index in [1.807, 2.05) is 0 Å². The van der Waals surface area contributed by atoms with Crippen LogP contribution in [0.5, 0.6) is 0 Å². The number of hydrogen-bond donors (Lipinski definition) is 1. The van der Waals surface area contributed by atoms with E-state index in [0.717, 1.165) is 0 Å². The van der Waals surface area contributed by atoms with Crippen LogP contribution in [0.2, 0.25) is 0 Å². The molecule has 1 heterocycles. The van der Waals surface area contributed by atoms with Crippen molar-refractivity contribution >= 4 is 21.9 Å². The summed E-state index contributed by atoms with van der Waals surface area (Å²) in [5.41, 5.74) is 5.37. The van der Waals surface area contributed by atoms with E-state index in [9.17, 15) is 13.6 Å². The zero-order valence-electron chi connectivity index (χ0n) is 9.04. The van der Waals surface area contributed by atoms with Gasteiger partial charge in [0.25, 0.3) is 6.43 Å². The summed E-state index contributed by atoms with van der Waals surface area (Å²) in [6.45, 7) is 0.0524. The first-order valence-corrected chi connectivity index (χ1v) is 5.52. The third-order valence-corrected chi connectivity index (χ3v) is 2.83. The van der Waals surface area contributed by atoms with E-state index in [-0.39, 0.29) is 18.5 Å². The lowest BCUT2D eigenvalue weighted by molar-refractivity contribution is -0.139. The largest absolute Gasteiger partial charge is 0.469 e. The number of nitrogens with two attached hydrogens (primary N) is 1. The summed E-state index contributed by atoms with van der Waals surface area (Å²) in [5.74, 6) is -0.602. The molecule has 0 aliphatic rings. The van der Waals surface area contributed by atoms with Gasteiger partial charge in [0.2, 0.25) is 0 Å². The van der Waals surface area contributed by atoms with Crippen molar-refractivity contribution in [3.05, 3.63) is 27.5 Å². The van der Waals surface area contributed by atoms with Gasteiger partial charge in [-0.15, -0.1) is 0 Å². The molecule has 2 N–H and O–H groups in total. The first-order chi connectivity index (χ1) is 7.99. The van der Waals surface area contributed by atoms with Crippen molar-refractivity contribution in [2.24, 2.45) is 5.73 Å². The number of hydrogen-bond acceptors (Lipinski definition) is 4. The van der Waals surface area contributed by atoms with E-state index < -0.39 is 18.1 Å². The number of carbonyl (C=O) groups excluding carboxylic acids is 1. The molecule has 1 aromatic rings. The smallest absolute Gasteiger partial charge is 0.310 e. The minimum Gasteiger partial charge on any atom is -0.469 e.